The standard InChI is InChI=1S/C18H11ClF3N9OS/c19-11-6-9(7-23-16(11)31-24-4-5-25-31)27-17(32)10-8-26-30(15(10)18(20,21)22)12-2-1-3-13-14(12)28-29-33-13/h1-8,17,27,32H. The second kappa shape index (κ2) is 8.06. The van der Waals surface area contributed by atoms with E-state index in [1.165, 1.54) is 35.5 Å². The van der Waals surface area contributed by atoms with Gasteiger partial charge in [0.15, 0.2) is 17.7 Å². The van der Waals surface area contributed by atoms with Crippen LogP contribution in [0.5, 0.6) is 0 Å². The second-order valence-electron chi connectivity index (χ2n) is 6.65. The number of hydrogen-bond acceptors (Lipinski definition) is 9. The number of aromatic nitrogens is 8. The van der Waals surface area contributed by atoms with E-state index in [-0.39, 0.29) is 27.7 Å². The average Bonchev–Trinajstić information content (AvgIpc) is 3.52. The van der Waals surface area contributed by atoms with E-state index in [1.807, 2.05) is 0 Å². The van der Waals surface area contributed by atoms with Crippen LogP contribution in [0.2, 0.25) is 5.02 Å². The van der Waals surface area contributed by atoms with Crippen molar-refractivity contribution in [2.75, 3.05) is 5.32 Å². The molecule has 0 spiro atoms. The van der Waals surface area contributed by atoms with Crippen LogP contribution in [0, 0.1) is 0 Å². The van der Waals surface area contributed by atoms with Crippen LogP contribution in [-0.2, 0) is 6.18 Å². The van der Waals surface area contributed by atoms with Crippen molar-refractivity contribution < 1.29 is 18.3 Å². The normalized spacial score (nSPS) is 12.9. The third-order valence-electron chi connectivity index (χ3n) is 4.58. The molecule has 2 N–H and O–H groups in total. The molecule has 10 nitrogen and oxygen atoms in total. The Labute approximate surface area is 191 Å². The molecule has 4 aromatic heterocycles. The van der Waals surface area contributed by atoms with Gasteiger partial charge in [0.2, 0.25) is 0 Å². The maximum atomic E-state index is 14.0. The number of rotatable bonds is 5. The van der Waals surface area contributed by atoms with E-state index in [9.17, 15) is 18.3 Å². The number of hydrogen-bond donors (Lipinski definition) is 2. The highest BCUT2D eigenvalue weighted by Gasteiger charge is 2.40. The van der Waals surface area contributed by atoms with Gasteiger partial charge in [-0.25, -0.2) is 9.67 Å². The molecule has 0 aliphatic carbocycles. The van der Waals surface area contributed by atoms with Gasteiger partial charge in [-0.1, -0.05) is 22.2 Å². The Morgan fingerprint density at radius 2 is 1.91 bits per heavy atom. The lowest BCUT2D eigenvalue weighted by molar-refractivity contribution is -0.144. The maximum absolute atomic E-state index is 14.0. The Balaban J connectivity index is 1.51. The third-order valence-corrected chi connectivity index (χ3v) is 5.55. The summed E-state index contributed by atoms with van der Waals surface area (Å²) in [6.45, 7) is 0. The smallest absolute Gasteiger partial charge is 0.369 e. The molecule has 0 radical (unpaired) electrons. The van der Waals surface area contributed by atoms with E-state index in [1.54, 1.807) is 12.1 Å². The van der Waals surface area contributed by atoms with E-state index in [0.717, 1.165) is 17.7 Å². The molecule has 0 amide bonds. The number of aliphatic hydroxyl groups is 1. The molecule has 0 bridgehead atoms. The molecule has 0 saturated heterocycles. The number of nitrogens with zero attached hydrogens (tertiary/aromatic N) is 8. The minimum Gasteiger partial charge on any atom is -0.369 e. The summed E-state index contributed by atoms with van der Waals surface area (Å²) < 4.78 is 47.2. The molecule has 0 fully saturated rings. The van der Waals surface area contributed by atoms with E-state index in [0.29, 0.717) is 9.38 Å². The van der Waals surface area contributed by atoms with Crippen LogP contribution in [0.25, 0.3) is 21.7 Å². The summed E-state index contributed by atoms with van der Waals surface area (Å²) in [7, 11) is 0. The fraction of sp³-hybridized carbons (Fsp3) is 0.111. The summed E-state index contributed by atoms with van der Waals surface area (Å²) in [5.41, 5.74) is -1.11. The molecular weight excluding hydrogens is 483 g/mol. The van der Waals surface area contributed by atoms with Crippen molar-refractivity contribution in [2.45, 2.75) is 12.4 Å². The minimum atomic E-state index is -4.83. The number of fused-ring (bicyclic) bond motifs is 1. The van der Waals surface area contributed by atoms with Crippen molar-refractivity contribution in [1.82, 2.24) is 39.3 Å². The summed E-state index contributed by atoms with van der Waals surface area (Å²) in [4.78, 5) is 5.28. The van der Waals surface area contributed by atoms with Crippen molar-refractivity contribution in [3.8, 4) is 11.5 Å². The van der Waals surface area contributed by atoms with Crippen LogP contribution in [0.15, 0.2) is 49.1 Å². The van der Waals surface area contributed by atoms with Gasteiger partial charge in [0.25, 0.3) is 0 Å². The van der Waals surface area contributed by atoms with Crippen molar-refractivity contribution in [1.29, 1.82) is 0 Å². The van der Waals surface area contributed by atoms with Crippen LogP contribution in [0.1, 0.15) is 17.5 Å². The average molecular weight is 494 g/mol. The number of benzene rings is 1. The zero-order chi connectivity index (χ0) is 23.2. The van der Waals surface area contributed by atoms with Crippen LogP contribution >= 0.6 is 23.1 Å². The first kappa shape index (κ1) is 21.2. The number of halogens is 4. The molecule has 5 aromatic rings. The summed E-state index contributed by atoms with van der Waals surface area (Å²) in [6, 6.07) is 6.10. The maximum Gasteiger partial charge on any atom is 0.433 e. The Hall–Kier alpha value is -3.62. The highest BCUT2D eigenvalue weighted by molar-refractivity contribution is 7.13. The lowest BCUT2D eigenvalue weighted by atomic mass is 10.2. The Kier molecular flexibility index (Phi) is 5.19. The van der Waals surface area contributed by atoms with Gasteiger partial charge < -0.3 is 10.4 Å². The quantitative estimate of drug-likeness (QED) is 0.356. The van der Waals surface area contributed by atoms with E-state index < -0.39 is 23.7 Å². The summed E-state index contributed by atoms with van der Waals surface area (Å²) in [5, 5.41) is 28.9. The molecule has 1 unspecified atom stereocenters. The zero-order valence-electron chi connectivity index (χ0n) is 16.1. The lowest BCUT2D eigenvalue weighted by Gasteiger charge is -2.18. The third kappa shape index (κ3) is 3.88. The SMILES string of the molecule is OC(Nc1cnc(-n2nccn2)c(Cl)c1)c1cnn(-c2cccc3snnc23)c1C(F)(F)F. The van der Waals surface area contributed by atoms with Gasteiger partial charge in [0, 0.05) is 0 Å². The molecule has 1 atom stereocenters. The van der Waals surface area contributed by atoms with Gasteiger partial charge in [-0.3, -0.25) is 0 Å². The van der Waals surface area contributed by atoms with Crippen molar-refractivity contribution in [3.05, 3.63) is 65.3 Å². The molecular formula is C18H11ClF3N9OS. The Morgan fingerprint density at radius 3 is 2.64 bits per heavy atom. The molecule has 168 valence electrons. The zero-order valence-corrected chi connectivity index (χ0v) is 17.7. The molecule has 0 aliphatic heterocycles. The predicted molar refractivity (Wildman–Crippen MR) is 112 cm³/mol. The van der Waals surface area contributed by atoms with Crippen molar-refractivity contribution in [3.63, 3.8) is 0 Å². The van der Waals surface area contributed by atoms with Gasteiger partial charge in [0.1, 0.15) is 5.52 Å². The highest BCUT2D eigenvalue weighted by Crippen LogP contribution is 2.37. The largest absolute Gasteiger partial charge is 0.433 e. The van der Waals surface area contributed by atoms with Gasteiger partial charge in [0.05, 0.1) is 51.4 Å². The second-order valence-corrected chi connectivity index (χ2v) is 7.84. The monoisotopic (exact) mass is 493 g/mol. The molecule has 1 aromatic carbocycles. The number of nitrogens with one attached hydrogen (secondary N) is 1. The molecule has 4 heterocycles. The van der Waals surface area contributed by atoms with Crippen molar-refractivity contribution >= 4 is 39.0 Å². The fourth-order valence-electron chi connectivity index (χ4n) is 3.21. The predicted octanol–water partition coefficient (Wildman–Crippen LogP) is 3.63. The molecule has 0 saturated carbocycles. The Morgan fingerprint density at radius 1 is 1.12 bits per heavy atom. The first-order valence-electron chi connectivity index (χ1n) is 9.16. The number of pyridine rings is 1. The summed E-state index contributed by atoms with van der Waals surface area (Å²) in [5.74, 6) is 0.218. The molecule has 33 heavy (non-hydrogen) atoms. The highest BCUT2D eigenvalue weighted by atomic mass is 35.5. The first-order chi connectivity index (χ1) is 15.8. The van der Waals surface area contributed by atoms with Gasteiger partial charge >= 0.3 is 6.18 Å². The molecule has 15 heteroatoms. The fourth-order valence-corrected chi connectivity index (χ4v) is 4.03. The van der Waals surface area contributed by atoms with E-state index >= 15 is 0 Å². The summed E-state index contributed by atoms with van der Waals surface area (Å²) >= 11 is 7.24. The Bertz CT molecular complexity index is 1430. The van der Waals surface area contributed by atoms with Crippen molar-refractivity contribution in [2.24, 2.45) is 0 Å². The number of alkyl halides is 3. The first-order valence-corrected chi connectivity index (χ1v) is 10.3. The number of aliphatic hydroxyl groups excluding tert-OH is 1. The van der Waals surface area contributed by atoms with Gasteiger partial charge in [-0.15, -0.1) is 9.90 Å². The van der Waals surface area contributed by atoms with Crippen LogP contribution in [-0.4, -0.2) is 44.5 Å². The molecule has 0 aliphatic rings. The van der Waals surface area contributed by atoms with Gasteiger partial charge in [-0.2, -0.15) is 28.5 Å². The van der Waals surface area contributed by atoms with Crippen LogP contribution in [0.3, 0.4) is 0 Å². The topological polar surface area (TPSA) is 119 Å². The number of anilines is 1. The lowest BCUT2D eigenvalue weighted by Crippen LogP contribution is -2.19. The van der Waals surface area contributed by atoms with E-state index in [2.05, 4.69) is 35.2 Å². The minimum absolute atomic E-state index is 0.0906. The van der Waals surface area contributed by atoms with Crippen LogP contribution in [0.4, 0.5) is 18.9 Å². The van der Waals surface area contributed by atoms with E-state index in [4.69, 9.17) is 11.6 Å². The summed E-state index contributed by atoms with van der Waals surface area (Å²) in [6.07, 6.45) is -1.50. The molecule has 5 rings (SSSR count). The van der Waals surface area contributed by atoms with Gasteiger partial charge in [-0.05, 0) is 29.7 Å². The van der Waals surface area contributed by atoms with Crippen LogP contribution < -0.4 is 5.32 Å².